The molecule has 0 radical (unpaired) electrons. The summed E-state index contributed by atoms with van der Waals surface area (Å²) in [6, 6.07) is 11.3. The van der Waals surface area contributed by atoms with E-state index >= 15 is 0 Å². The standard InChI is InChI=1S/C15H17BrINS/c1-2-7-18-14(12-9-15(17)19-10-12)8-11-3-5-13(16)6-4-11/h3-6,9-10,14,18H,2,7-8H2,1H3. The Kier molecular flexibility index (Phi) is 6.32. The highest BCUT2D eigenvalue weighted by Gasteiger charge is 2.13. The monoisotopic (exact) mass is 449 g/mol. The Hall–Kier alpha value is 0.0900. The number of nitrogens with one attached hydrogen (secondary N) is 1. The number of rotatable bonds is 6. The van der Waals surface area contributed by atoms with Crippen molar-refractivity contribution in [1.29, 1.82) is 0 Å². The first kappa shape index (κ1) is 15.5. The Balaban J connectivity index is 2.11. The molecule has 0 spiro atoms. The largest absolute Gasteiger partial charge is 0.310 e. The van der Waals surface area contributed by atoms with Gasteiger partial charge in [0.05, 0.1) is 2.88 Å². The van der Waals surface area contributed by atoms with E-state index in [4.69, 9.17) is 0 Å². The van der Waals surface area contributed by atoms with Gasteiger partial charge in [-0.1, -0.05) is 35.0 Å². The van der Waals surface area contributed by atoms with Crippen LogP contribution in [0.4, 0.5) is 0 Å². The van der Waals surface area contributed by atoms with Crippen molar-refractivity contribution < 1.29 is 0 Å². The maximum Gasteiger partial charge on any atom is 0.0656 e. The molecule has 102 valence electrons. The molecule has 1 N–H and O–H groups in total. The molecule has 0 fully saturated rings. The highest BCUT2D eigenvalue weighted by Crippen LogP contribution is 2.25. The number of halogens is 2. The second-order valence-corrected chi connectivity index (χ2v) is 8.24. The molecule has 1 aromatic carbocycles. The summed E-state index contributed by atoms with van der Waals surface area (Å²) in [7, 11) is 0. The molecule has 0 saturated carbocycles. The minimum Gasteiger partial charge on any atom is -0.310 e. The second kappa shape index (κ2) is 7.76. The smallest absolute Gasteiger partial charge is 0.0656 e. The van der Waals surface area contributed by atoms with Crippen LogP contribution in [0.5, 0.6) is 0 Å². The van der Waals surface area contributed by atoms with Gasteiger partial charge < -0.3 is 5.32 Å². The Bertz CT molecular complexity index is 509. The molecule has 1 atom stereocenters. The summed E-state index contributed by atoms with van der Waals surface area (Å²) in [5.74, 6) is 0. The maximum absolute atomic E-state index is 3.65. The van der Waals surface area contributed by atoms with Crippen LogP contribution in [-0.4, -0.2) is 6.54 Å². The lowest BCUT2D eigenvalue weighted by Crippen LogP contribution is -2.23. The Morgan fingerprint density at radius 3 is 2.63 bits per heavy atom. The third-order valence-electron chi connectivity index (χ3n) is 2.98. The van der Waals surface area contributed by atoms with Gasteiger partial charge in [0.15, 0.2) is 0 Å². The zero-order valence-electron chi connectivity index (χ0n) is 10.8. The summed E-state index contributed by atoms with van der Waals surface area (Å²) in [5.41, 5.74) is 2.78. The van der Waals surface area contributed by atoms with Gasteiger partial charge in [0.1, 0.15) is 0 Å². The van der Waals surface area contributed by atoms with E-state index in [1.807, 2.05) is 11.3 Å². The summed E-state index contributed by atoms with van der Waals surface area (Å²) in [4.78, 5) is 0. The van der Waals surface area contributed by atoms with E-state index in [0.29, 0.717) is 6.04 Å². The third-order valence-corrected chi connectivity index (χ3v) is 5.32. The summed E-state index contributed by atoms with van der Waals surface area (Å²) in [6.07, 6.45) is 2.21. The van der Waals surface area contributed by atoms with Crippen LogP contribution in [0, 0.1) is 2.88 Å². The van der Waals surface area contributed by atoms with Crippen molar-refractivity contribution in [3.05, 3.63) is 54.2 Å². The minimum absolute atomic E-state index is 0.417. The lowest BCUT2D eigenvalue weighted by Gasteiger charge is -2.17. The van der Waals surface area contributed by atoms with Crippen molar-refractivity contribution in [3.63, 3.8) is 0 Å². The van der Waals surface area contributed by atoms with Gasteiger partial charge in [-0.05, 0) is 76.7 Å². The molecular weight excluding hydrogens is 433 g/mol. The zero-order valence-corrected chi connectivity index (χ0v) is 15.4. The summed E-state index contributed by atoms with van der Waals surface area (Å²) < 4.78 is 2.49. The predicted molar refractivity (Wildman–Crippen MR) is 95.9 cm³/mol. The van der Waals surface area contributed by atoms with Gasteiger partial charge in [-0.25, -0.2) is 0 Å². The van der Waals surface area contributed by atoms with Crippen LogP contribution in [0.3, 0.4) is 0 Å². The van der Waals surface area contributed by atoms with Gasteiger partial charge in [-0.3, -0.25) is 0 Å². The molecule has 0 bridgehead atoms. The molecule has 2 aromatic rings. The van der Waals surface area contributed by atoms with Crippen molar-refractivity contribution in [2.45, 2.75) is 25.8 Å². The summed E-state index contributed by atoms with van der Waals surface area (Å²) >= 11 is 7.70. The van der Waals surface area contributed by atoms with Crippen molar-refractivity contribution in [1.82, 2.24) is 5.32 Å². The van der Waals surface area contributed by atoms with E-state index < -0.39 is 0 Å². The van der Waals surface area contributed by atoms with Gasteiger partial charge in [-0.15, -0.1) is 11.3 Å². The molecule has 0 aliphatic carbocycles. The molecular formula is C15H17BrINS. The molecule has 1 aromatic heterocycles. The summed E-state index contributed by atoms with van der Waals surface area (Å²) in [5, 5.41) is 5.93. The Morgan fingerprint density at radius 2 is 2.05 bits per heavy atom. The molecule has 0 amide bonds. The average Bonchev–Trinajstić information content (AvgIpc) is 2.83. The molecule has 0 aliphatic rings. The van der Waals surface area contributed by atoms with E-state index in [1.165, 1.54) is 14.0 Å². The number of thiophene rings is 1. The molecule has 1 heterocycles. The van der Waals surface area contributed by atoms with Crippen LogP contribution in [0.25, 0.3) is 0 Å². The predicted octanol–water partition coefficient (Wildman–Crippen LogP) is 5.40. The van der Waals surface area contributed by atoms with Gasteiger partial charge >= 0.3 is 0 Å². The highest BCUT2D eigenvalue weighted by atomic mass is 127. The van der Waals surface area contributed by atoms with Crippen LogP contribution in [0.2, 0.25) is 0 Å². The first-order chi connectivity index (χ1) is 9.19. The zero-order chi connectivity index (χ0) is 13.7. The van der Waals surface area contributed by atoms with Crippen LogP contribution in [0.15, 0.2) is 40.2 Å². The molecule has 1 nitrogen and oxygen atoms in total. The van der Waals surface area contributed by atoms with Crippen LogP contribution < -0.4 is 5.32 Å². The average molecular weight is 450 g/mol. The van der Waals surface area contributed by atoms with Gasteiger partial charge in [0, 0.05) is 10.5 Å². The van der Waals surface area contributed by atoms with E-state index in [1.54, 1.807) is 0 Å². The van der Waals surface area contributed by atoms with E-state index in [0.717, 1.165) is 23.9 Å². The van der Waals surface area contributed by atoms with Crippen molar-refractivity contribution in [3.8, 4) is 0 Å². The third kappa shape index (κ3) is 4.85. The van der Waals surface area contributed by atoms with Gasteiger partial charge in [0.2, 0.25) is 0 Å². The van der Waals surface area contributed by atoms with Crippen LogP contribution in [-0.2, 0) is 6.42 Å². The first-order valence-corrected chi connectivity index (χ1v) is 9.16. The molecule has 2 rings (SSSR count). The fourth-order valence-electron chi connectivity index (χ4n) is 1.99. The second-order valence-electron chi connectivity index (χ2n) is 4.52. The van der Waals surface area contributed by atoms with Crippen molar-refractivity contribution in [2.75, 3.05) is 6.54 Å². The number of hydrogen-bond donors (Lipinski definition) is 1. The fraction of sp³-hybridized carbons (Fsp3) is 0.333. The van der Waals surface area contributed by atoms with Crippen LogP contribution >= 0.6 is 49.9 Å². The Morgan fingerprint density at radius 1 is 1.32 bits per heavy atom. The molecule has 4 heteroatoms. The lowest BCUT2D eigenvalue weighted by molar-refractivity contribution is 0.530. The molecule has 1 unspecified atom stereocenters. The fourth-order valence-corrected chi connectivity index (χ4v) is 3.68. The maximum atomic E-state index is 3.65. The van der Waals surface area contributed by atoms with Crippen molar-refractivity contribution >= 4 is 49.9 Å². The van der Waals surface area contributed by atoms with Crippen molar-refractivity contribution in [2.24, 2.45) is 0 Å². The molecule has 0 aliphatic heterocycles. The van der Waals surface area contributed by atoms with E-state index in [2.05, 4.69) is 86.5 Å². The molecule has 19 heavy (non-hydrogen) atoms. The lowest BCUT2D eigenvalue weighted by atomic mass is 10.0. The minimum atomic E-state index is 0.417. The highest BCUT2D eigenvalue weighted by molar-refractivity contribution is 14.1. The Labute approximate surface area is 141 Å². The van der Waals surface area contributed by atoms with Crippen LogP contribution in [0.1, 0.15) is 30.5 Å². The SMILES string of the molecule is CCCNC(Cc1ccc(Br)cc1)c1csc(I)c1. The van der Waals surface area contributed by atoms with E-state index in [9.17, 15) is 0 Å². The number of hydrogen-bond acceptors (Lipinski definition) is 2. The normalized spacial score (nSPS) is 12.6. The van der Waals surface area contributed by atoms with E-state index in [-0.39, 0.29) is 0 Å². The first-order valence-electron chi connectivity index (χ1n) is 6.40. The van der Waals surface area contributed by atoms with Gasteiger partial charge in [-0.2, -0.15) is 0 Å². The molecule has 0 saturated heterocycles. The van der Waals surface area contributed by atoms with Gasteiger partial charge in [0.25, 0.3) is 0 Å². The number of benzene rings is 1. The topological polar surface area (TPSA) is 12.0 Å². The quantitative estimate of drug-likeness (QED) is 0.582. The summed E-state index contributed by atoms with van der Waals surface area (Å²) in [6.45, 7) is 3.27.